The van der Waals surface area contributed by atoms with Crippen LogP contribution in [0.15, 0.2) is 149 Å². The lowest BCUT2D eigenvalue weighted by atomic mass is 9.89. The second kappa shape index (κ2) is 39.9. The molecule has 12 aromatic rings. The van der Waals surface area contributed by atoms with Gasteiger partial charge in [-0.25, -0.2) is 39.5 Å². The Morgan fingerprint density at radius 2 is 0.679 bits per heavy atom. The zero-order valence-electron chi connectivity index (χ0n) is 80.0. The van der Waals surface area contributed by atoms with Crippen LogP contribution in [0, 0.1) is 79.0 Å². The lowest BCUT2D eigenvalue weighted by molar-refractivity contribution is -0.129. The first-order valence-electron chi connectivity index (χ1n) is 47.2. The van der Waals surface area contributed by atoms with E-state index >= 15 is 49.1 Å². The number of pyridine rings is 6. The van der Waals surface area contributed by atoms with Crippen LogP contribution >= 0.6 is 0 Å². The number of phenols is 3. The predicted octanol–water partition coefficient (Wildman–Crippen LogP) is 17.2. The Kier molecular flexibility index (Phi) is 28.3. The minimum absolute atomic E-state index is 0.00334. The number of carbonyl (C=O) groups excluding carboxylic acids is 2. The molecular formula is C106H113F9N14O11. The number of piperidine rings is 1. The number of fused-ring (bicyclic) bond motifs is 15. The Morgan fingerprint density at radius 1 is 0.386 bits per heavy atom. The molecule has 140 heavy (non-hydrogen) atoms. The third kappa shape index (κ3) is 17.2. The van der Waals surface area contributed by atoms with Gasteiger partial charge in [-0.15, -0.1) is 0 Å². The zero-order chi connectivity index (χ0) is 101. The van der Waals surface area contributed by atoms with Gasteiger partial charge in [-0.05, 0) is 192 Å². The highest BCUT2D eigenvalue weighted by Crippen LogP contribution is 2.53. The first-order valence-corrected chi connectivity index (χ1v) is 47.2. The number of aromatic nitrogens is 6. The van der Waals surface area contributed by atoms with E-state index in [1.165, 1.54) is 56.2 Å². The predicted molar refractivity (Wildman–Crippen MR) is 526 cm³/mol. The average Bonchev–Trinajstić information content (AvgIpc) is 0.724. The Hall–Kier alpha value is -13.7. The second-order valence-corrected chi connectivity index (χ2v) is 38.1. The van der Waals surface area contributed by atoms with Gasteiger partial charge in [0.25, 0.3) is 16.7 Å². The van der Waals surface area contributed by atoms with Crippen molar-refractivity contribution >= 4 is 78.6 Å². The first kappa shape index (κ1) is 99.3. The molecule has 6 aromatic heterocycles. The fourth-order valence-corrected chi connectivity index (χ4v) is 21.4. The Bertz CT molecular complexity index is 6830. The van der Waals surface area contributed by atoms with Crippen molar-refractivity contribution in [1.29, 1.82) is 0 Å². The van der Waals surface area contributed by atoms with Crippen LogP contribution in [0.2, 0.25) is 0 Å². The van der Waals surface area contributed by atoms with Crippen LogP contribution in [0.3, 0.4) is 0 Å². The summed E-state index contributed by atoms with van der Waals surface area (Å²) in [4.78, 5) is 99.2. The van der Waals surface area contributed by atoms with Gasteiger partial charge in [0, 0.05) is 145 Å². The number of rotatable bonds is 20. The van der Waals surface area contributed by atoms with Gasteiger partial charge in [0.05, 0.1) is 113 Å². The molecule has 6 aliphatic heterocycles. The molecule has 6 N–H and O–H groups in total. The molecule has 3 fully saturated rings. The number of carbonyl (C=O) groups is 2. The van der Waals surface area contributed by atoms with E-state index in [1.54, 1.807) is 67.4 Å². The lowest BCUT2D eigenvalue weighted by Gasteiger charge is -2.52. The van der Waals surface area contributed by atoms with E-state index in [0.717, 1.165) is 55.3 Å². The summed E-state index contributed by atoms with van der Waals surface area (Å²) in [5.74, 6) is -12.7. The molecular weight excluding hydrogens is 1820 g/mol. The van der Waals surface area contributed by atoms with Crippen LogP contribution in [0.4, 0.5) is 73.6 Å². The van der Waals surface area contributed by atoms with E-state index < -0.39 is 120 Å². The summed E-state index contributed by atoms with van der Waals surface area (Å²) in [5, 5.41) is 61.4. The average molecular weight is 1930 g/mol. The van der Waals surface area contributed by atoms with Crippen LogP contribution in [-0.2, 0) is 9.59 Å². The number of aliphatic hydroxyl groups excluding tert-OH is 3. The van der Waals surface area contributed by atoms with E-state index in [2.05, 4.69) is 39.9 Å². The van der Waals surface area contributed by atoms with Gasteiger partial charge >= 0.3 is 0 Å². The van der Waals surface area contributed by atoms with Crippen molar-refractivity contribution in [3.8, 4) is 67.7 Å². The molecule has 0 saturated carbocycles. The van der Waals surface area contributed by atoms with Gasteiger partial charge in [0.2, 0.25) is 11.8 Å². The third-order valence-corrected chi connectivity index (χ3v) is 27.8. The summed E-state index contributed by atoms with van der Waals surface area (Å²) in [5.41, 5.74) is -0.630. The maximum atomic E-state index is 17.3. The molecule has 18 rings (SSSR count). The van der Waals surface area contributed by atoms with Crippen LogP contribution < -0.4 is 46.1 Å². The van der Waals surface area contributed by atoms with Crippen molar-refractivity contribution in [1.82, 2.24) is 38.5 Å². The highest BCUT2D eigenvalue weighted by Gasteiger charge is 2.48. The minimum Gasteiger partial charge on any atom is -0.507 e. The lowest BCUT2D eigenvalue weighted by Crippen LogP contribution is -2.64. The number of benzene rings is 6. The fourth-order valence-electron chi connectivity index (χ4n) is 21.4. The van der Waals surface area contributed by atoms with Crippen LogP contribution in [-0.4, -0.2) is 203 Å². The molecule has 6 aliphatic rings. The third-order valence-electron chi connectivity index (χ3n) is 27.8. The van der Waals surface area contributed by atoms with E-state index in [1.807, 2.05) is 79.9 Å². The molecule has 0 unspecified atom stereocenters. The highest BCUT2D eigenvalue weighted by molar-refractivity contribution is 6.07. The van der Waals surface area contributed by atoms with Crippen LogP contribution in [0.5, 0.6) is 17.2 Å². The normalized spacial score (nSPS) is 17.8. The number of nitrogens with zero attached hydrogens (tertiary/aromatic N) is 14. The molecule has 0 spiro atoms. The summed E-state index contributed by atoms with van der Waals surface area (Å²) in [7, 11) is 0. The number of anilines is 6. The fraction of sp³-hybridized carbons (Fsp3) is 0.377. The summed E-state index contributed by atoms with van der Waals surface area (Å²) < 4.78 is 150. The molecule has 6 atom stereocenters. The van der Waals surface area contributed by atoms with E-state index in [4.69, 9.17) is 0 Å². The number of aliphatic hydroxyl groups is 3. The topological polar surface area (TPSA) is 286 Å². The first-order chi connectivity index (χ1) is 66.9. The van der Waals surface area contributed by atoms with Gasteiger partial charge in [0.1, 0.15) is 69.2 Å². The van der Waals surface area contributed by atoms with Gasteiger partial charge in [-0.2, -0.15) is 0 Å². The van der Waals surface area contributed by atoms with Crippen LogP contribution in [0.1, 0.15) is 146 Å². The molecule has 6 aromatic carbocycles. The van der Waals surface area contributed by atoms with Crippen LogP contribution in [0.25, 0.3) is 83.2 Å². The number of hydrogen-bond acceptors (Lipinski definition) is 20. The molecule has 736 valence electrons. The van der Waals surface area contributed by atoms with Gasteiger partial charge < -0.3 is 69.8 Å². The maximum Gasteiger partial charge on any atom is 0.281 e. The molecule has 2 amide bonds. The number of aryl methyl sites for hydroxylation is 3. The van der Waals surface area contributed by atoms with Gasteiger partial charge in [-0.1, -0.05) is 79.8 Å². The molecule has 25 nitrogen and oxygen atoms in total. The van der Waals surface area contributed by atoms with Gasteiger partial charge in [-0.3, -0.25) is 52.6 Å². The second-order valence-electron chi connectivity index (χ2n) is 38.1. The SMILES string of the molecule is C=CC(=O)N1C[C@@H]2CN(CCCO)c3c(c4cc(F)c(-c5c(O)cccc5F)c(F)c4n(-c4c(C)ccnc4C(C)C)c3=O)N2C[C@H]1C.C=CC(=O)N1C[C@@H]2CN(CCCO)c3c(c4cc(F)c(-c5c(O)cccc5F)c(F)c4n(-c4c(C)ccnc4C(C)C)c3=O)N2C[C@H]1C.Cc1ccnc(C(C)C)c1-n1c(=O)c2c(c3cc(F)c(-c4c(O)cccc4F)c(F)c31)N1C[C@@H](C)CC[C@@H]1CN2CCCO. The standard InChI is InChI=1S/2C36H38F3N5O4.C34H37F3N4O3/c2*1-6-27(47)42-18-22-17-41(13-8-14-45)35-34(43(22)16-21(42)5)23-15-25(38)29(28-24(37)9-7-10-26(28)46)30(39)33(23)44(36(35)48)32-20(4)11-12-40-31(32)19(2)3;1-18(2)29-30(20(4)11-12-38-29)41-31-22(15-24(36)27(28(31)37)26-23(35)7-5-8-25(26)43)32-33(34(41)44)39(13-6-14-42)17-21-10-9-19(3)16-40(21)32/h2*6-7,9-12,15,19,21-22,45-46H,1,8,13-14,16-18H2,2-5H3;5,7-8,11-12,15,18-19,21,42-43H,6,9-10,13-14,16-17H2,1-4H3/t2*21-,22+;19-,21+/m110/s1. The minimum atomic E-state index is -1.22. The number of piperazine rings is 2. The number of amides is 2. The van der Waals surface area contributed by atoms with Crippen molar-refractivity contribution in [2.45, 2.75) is 163 Å². The molecule has 12 heterocycles. The monoisotopic (exact) mass is 1930 g/mol. The van der Waals surface area contributed by atoms with Crippen molar-refractivity contribution in [3.63, 3.8) is 0 Å². The van der Waals surface area contributed by atoms with Crippen molar-refractivity contribution in [3.05, 3.63) is 252 Å². The summed E-state index contributed by atoms with van der Waals surface area (Å²) in [6, 6.07) is 17.2. The quantitative estimate of drug-likeness (QED) is 0.0305. The number of halogens is 9. The van der Waals surface area contributed by atoms with Crippen molar-refractivity contribution < 1.29 is 79.7 Å². The highest BCUT2D eigenvalue weighted by atomic mass is 19.2. The molecule has 3 saturated heterocycles. The maximum absolute atomic E-state index is 17.3. The Balaban J connectivity index is 0.000000152. The zero-order valence-corrected chi connectivity index (χ0v) is 80.0. The Labute approximate surface area is 802 Å². The van der Waals surface area contributed by atoms with E-state index in [0.29, 0.717) is 114 Å². The van der Waals surface area contributed by atoms with Crippen molar-refractivity contribution in [2.75, 3.05) is 121 Å². The molecule has 0 bridgehead atoms. The summed E-state index contributed by atoms with van der Waals surface area (Å²) in [6.07, 6.45) is 10.2. The van der Waals surface area contributed by atoms with E-state index in [9.17, 15) is 45.0 Å². The Morgan fingerprint density at radius 3 is 0.957 bits per heavy atom. The summed E-state index contributed by atoms with van der Waals surface area (Å²) >= 11 is 0. The molecule has 0 aliphatic carbocycles. The van der Waals surface area contributed by atoms with Gasteiger partial charge in [0.15, 0.2) is 17.5 Å². The number of hydrogen-bond donors (Lipinski definition) is 6. The molecule has 34 heteroatoms. The molecule has 0 radical (unpaired) electrons. The number of aromatic hydroxyl groups is 3. The smallest absolute Gasteiger partial charge is 0.281 e. The van der Waals surface area contributed by atoms with Crippen molar-refractivity contribution in [2.24, 2.45) is 5.92 Å². The van der Waals surface area contributed by atoms with E-state index in [-0.39, 0.29) is 180 Å². The number of phenolic OH excluding ortho intramolecular Hbond substituents is 3. The largest absolute Gasteiger partial charge is 0.507 e. The summed E-state index contributed by atoms with van der Waals surface area (Å²) in [6.45, 7) is 33.1.